The molecule has 0 bridgehead atoms. The van der Waals surface area contributed by atoms with Crippen LogP contribution in [0.4, 0.5) is 5.69 Å². The van der Waals surface area contributed by atoms with Crippen molar-refractivity contribution in [2.24, 2.45) is 0 Å². The van der Waals surface area contributed by atoms with Crippen LogP contribution in [-0.4, -0.2) is 50.5 Å². The van der Waals surface area contributed by atoms with Crippen molar-refractivity contribution in [3.8, 4) is 0 Å². The molecule has 0 radical (unpaired) electrons. The lowest BCUT2D eigenvalue weighted by Gasteiger charge is -2.33. The van der Waals surface area contributed by atoms with Crippen LogP contribution in [0.25, 0.3) is 0 Å². The van der Waals surface area contributed by atoms with Crippen molar-refractivity contribution in [1.82, 2.24) is 10.2 Å². The molecule has 0 saturated heterocycles. The molecule has 0 unspecified atom stereocenters. The van der Waals surface area contributed by atoms with Gasteiger partial charge in [0, 0.05) is 29.6 Å². The molecular formula is C27H27Cl4N3O4S. The molecule has 39 heavy (non-hydrogen) atoms. The Hall–Kier alpha value is -2.49. The Balaban J connectivity index is 2.07. The molecule has 3 aromatic rings. The Bertz CT molecular complexity index is 1420. The van der Waals surface area contributed by atoms with E-state index in [-0.39, 0.29) is 39.6 Å². The first-order chi connectivity index (χ1) is 18.4. The van der Waals surface area contributed by atoms with Crippen LogP contribution in [0.1, 0.15) is 18.1 Å². The standard InChI is InChI=1S/C27H27Cl4N3O4S/c1-3-32-27(36)25(12-18-7-5-4-6-8-18)33(16-19-9-10-23(30)24(31)11-19)26(35)17-34(39(2,37)38)22-14-20(28)13-21(29)15-22/h4-11,13-15,25H,3,12,16-17H2,1-2H3,(H,32,36)/t25-/m0/s1. The summed E-state index contributed by atoms with van der Waals surface area (Å²) in [5, 5.41) is 3.82. The molecular weight excluding hydrogens is 604 g/mol. The average Bonchev–Trinajstić information content (AvgIpc) is 2.86. The molecule has 3 aromatic carbocycles. The second-order valence-corrected chi connectivity index (χ2v) is 12.4. The van der Waals surface area contributed by atoms with Crippen LogP contribution in [-0.2, 0) is 32.6 Å². The lowest BCUT2D eigenvalue weighted by molar-refractivity contribution is -0.140. The van der Waals surface area contributed by atoms with Gasteiger partial charge in [-0.25, -0.2) is 8.42 Å². The molecule has 2 amide bonds. The van der Waals surface area contributed by atoms with E-state index in [1.807, 2.05) is 30.3 Å². The molecule has 0 aliphatic carbocycles. The summed E-state index contributed by atoms with van der Waals surface area (Å²) in [5.74, 6) is -0.999. The lowest BCUT2D eigenvalue weighted by Crippen LogP contribution is -2.53. The first kappa shape index (κ1) is 31.0. The van der Waals surface area contributed by atoms with Gasteiger partial charge >= 0.3 is 0 Å². The summed E-state index contributed by atoms with van der Waals surface area (Å²) in [6, 6.07) is 17.4. The van der Waals surface area contributed by atoms with E-state index < -0.39 is 28.5 Å². The Morgan fingerprint density at radius 1 is 0.872 bits per heavy atom. The maximum absolute atomic E-state index is 14.0. The van der Waals surface area contributed by atoms with Gasteiger partial charge in [0.2, 0.25) is 21.8 Å². The normalized spacial score (nSPS) is 12.1. The fourth-order valence-corrected chi connectivity index (χ4v) is 5.65. The maximum atomic E-state index is 14.0. The molecule has 0 spiro atoms. The minimum Gasteiger partial charge on any atom is -0.355 e. The van der Waals surface area contributed by atoms with Crippen molar-refractivity contribution in [2.45, 2.75) is 25.9 Å². The summed E-state index contributed by atoms with van der Waals surface area (Å²) in [6.45, 7) is 1.49. The molecule has 12 heteroatoms. The Morgan fingerprint density at radius 2 is 1.51 bits per heavy atom. The molecule has 1 atom stereocenters. The fraction of sp³-hybridized carbons (Fsp3) is 0.259. The molecule has 1 N–H and O–H groups in total. The summed E-state index contributed by atoms with van der Waals surface area (Å²) < 4.78 is 26.5. The first-order valence-corrected chi connectivity index (χ1v) is 15.2. The number of carbonyl (C=O) groups is 2. The highest BCUT2D eigenvalue weighted by atomic mass is 35.5. The summed E-state index contributed by atoms with van der Waals surface area (Å²) in [7, 11) is -3.95. The van der Waals surface area contributed by atoms with E-state index in [1.165, 1.54) is 23.1 Å². The van der Waals surface area contributed by atoms with Crippen LogP contribution >= 0.6 is 46.4 Å². The van der Waals surface area contributed by atoms with Gasteiger partial charge in [0.05, 0.1) is 22.0 Å². The van der Waals surface area contributed by atoms with Crippen LogP contribution in [0.2, 0.25) is 20.1 Å². The van der Waals surface area contributed by atoms with E-state index in [1.54, 1.807) is 25.1 Å². The molecule has 0 fully saturated rings. The van der Waals surface area contributed by atoms with Gasteiger partial charge in [-0.3, -0.25) is 13.9 Å². The molecule has 0 aromatic heterocycles. The van der Waals surface area contributed by atoms with Gasteiger partial charge < -0.3 is 10.2 Å². The molecule has 0 heterocycles. The summed E-state index contributed by atoms with van der Waals surface area (Å²) in [4.78, 5) is 28.6. The highest BCUT2D eigenvalue weighted by molar-refractivity contribution is 7.92. The van der Waals surface area contributed by atoms with E-state index in [9.17, 15) is 18.0 Å². The van der Waals surface area contributed by atoms with Crippen molar-refractivity contribution >= 4 is 73.9 Å². The van der Waals surface area contributed by atoms with E-state index in [0.717, 1.165) is 16.1 Å². The van der Waals surface area contributed by atoms with Gasteiger partial charge in [0.15, 0.2) is 0 Å². The van der Waals surface area contributed by atoms with E-state index in [0.29, 0.717) is 17.1 Å². The SMILES string of the molecule is CCNC(=O)[C@H](Cc1ccccc1)N(Cc1ccc(Cl)c(Cl)c1)C(=O)CN(c1cc(Cl)cc(Cl)c1)S(C)(=O)=O. The van der Waals surface area contributed by atoms with Crippen LogP contribution in [0.5, 0.6) is 0 Å². The largest absolute Gasteiger partial charge is 0.355 e. The molecule has 0 aliphatic rings. The second-order valence-electron chi connectivity index (χ2n) is 8.77. The highest BCUT2D eigenvalue weighted by Crippen LogP contribution is 2.28. The van der Waals surface area contributed by atoms with Crippen molar-refractivity contribution in [1.29, 1.82) is 0 Å². The smallest absolute Gasteiger partial charge is 0.244 e. The van der Waals surface area contributed by atoms with Crippen LogP contribution in [0, 0.1) is 0 Å². The summed E-state index contributed by atoms with van der Waals surface area (Å²) in [6.07, 6.45) is 1.17. The number of likely N-dealkylation sites (N-methyl/N-ethyl adjacent to an activating group) is 1. The zero-order chi connectivity index (χ0) is 28.7. The third-order valence-corrected chi connectivity index (χ3v) is 8.09. The predicted octanol–water partition coefficient (Wildman–Crippen LogP) is 5.84. The quantitative estimate of drug-likeness (QED) is 0.288. The van der Waals surface area contributed by atoms with Crippen molar-refractivity contribution in [3.63, 3.8) is 0 Å². The Morgan fingerprint density at radius 3 is 2.08 bits per heavy atom. The molecule has 0 aliphatic heterocycles. The van der Waals surface area contributed by atoms with Crippen LogP contribution in [0.3, 0.4) is 0 Å². The third-order valence-electron chi connectivity index (χ3n) is 5.77. The number of hydrogen-bond donors (Lipinski definition) is 1. The van der Waals surface area contributed by atoms with Crippen LogP contribution < -0.4 is 9.62 Å². The monoisotopic (exact) mass is 629 g/mol. The number of amides is 2. The summed E-state index contributed by atoms with van der Waals surface area (Å²) >= 11 is 24.5. The molecule has 3 rings (SSSR count). The number of sulfonamides is 1. The fourth-order valence-electron chi connectivity index (χ4n) is 3.98. The maximum Gasteiger partial charge on any atom is 0.244 e. The molecule has 0 saturated carbocycles. The number of nitrogens with zero attached hydrogens (tertiary/aromatic N) is 2. The minimum atomic E-state index is -3.95. The topological polar surface area (TPSA) is 86.8 Å². The van der Waals surface area contributed by atoms with Gasteiger partial charge in [0.1, 0.15) is 12.6 Å². The van der Waals surface area contributed by atoms with E-state index in [2.05, 4.69) is 5.32 Å². The van der Waals surface area contributed by atoms with E-state index in [4.69, 9.17) is 46.4 Å². The minimum absolute atomic E-state index is 0.0295. The number of benzene rings is 3. The van der Waals surface area contributed by atoms with Crippen molar-refractivity contribution in [3.05, 3.63) is 97.9 Å². The summed E-state index contributed by atoms with van der Waals surface area (Å²) in [5.41, 5.74) is 1.55. The third kappa shape index (κ3) is 8.75. The number of carbonyl (C=O) groups excluding carboxylic acids is 2. The second kappa shape index (κ2) is 13.7. The molecule has 208 valence electrons. The Kier molecular flexibility index (Phi) is 10.9. The van der Waals surface area contributed by atoms with Gasteiger partial charge in [-0.05, 0) is 48.4 Å². The van der Waals surface area contributed by atoms with Crippen LogP contribution in [0.15, 0.2) is 66.7 Å². The van der Waals surface area contributed by atoms with Crippen molar-refractivity contribution in [2.75, 3.05) is 23.7 Å². The number of anilines is 1. The first-order valence-electron chi connectivity index (χ1n) is 11.9. The number of rotatable bonds is 11. The van der Waals surface area contributed by atoms with E-state index >= 15 is 0 Å². The van der Waals surface area contributed by atoms with Gasteiger partial charge in [-0.15, -0.1) is 0 Å². The predicted molar refractivity (Wildman–Crippen MR) is 158 cm³/mol. The zero-order valence-electron chi connectivity index (χ0n) is 21.2. The molecule has 7 nitrogen and oxygen atoms in total. The van der Waals surface area contributed by atoms with Crippen molar-refractivity contribution < 1.29 is 18.0 Å². The zero-order valence-corrected chi connectivity index (χ0v) is 25.0. The van der Waals surface area contributed by atoms with Gasteiger partial charge in [0.25, 0.3) is 0 Å². The number of hydrogen-bond acceptors (Lipinski definition) is 4. The Labute approximate surface area is 248 Å². The number of halogens is 4. The van der Waals surface area contributed by atoms with Gasteiger partial charge in [-0.2, -0.15) is 0 Å². The highest BCUT2D eigenvalue weighted by Gasteiger charge is 2.33. The average molecular weight is 631 g/mol. The number of nitrogens with one attached hydrogen (secondary N) is 1. The lowest BCUT2D eigenvalue weighted by atomic mass is 10.0. The van der Waals surface area contributed by atoms with Gasteiger partial charge in [-0.1, -0.05) is 82.8 Å².